The number of nitrogens with zero attached hydrogens (tertiary/aromatic N) is 2. The molecule has 56 heavy (non-hydrogen) atoms. The van der Waals surface area contributed by atoms with Gasteiger partial charge in [0, 0.05) is 22.7 Å². The van der Waals surface area contributed by atoms with E-state index in [4.69, 9.17) is 4.74 Å². The average molecular weight is 881 g/mol. The second kappa shape index (κ2) is 21.4. The number of hydrogen-bond acceptors (Lipinski definition) is 8. The lowest BCUT2D eigenvalue weighted by molar-refractivity contribution is -0.145. The molecule has 2 aromatic carbocycles. The fourth-order valence-corrected chi connectivity index (χ4v) is 7.00. The summed E-state index contributed by atoms with van der Waals surface area (Å²) >= 11 is 2.19. The van der Waals surface area contributed by atoms with Crippen LogP contribution in [0.1, 0.15) is 75.0 Å². The summed E-state index contributed by atoms with van der Waals surface area (Å²) in [5, 5.41) is 11.4. The smallest absolute Gasteiger partial charge is 0.328 e. The molecule has 2 heterocycles. The largest absolute Gasteiger partial charge is 0.467 e. The predicted molar refractivity (Wildman–Crippen MR) is 220 cm³/mol. The summed E-state index contributed by atoms with van der Waals surface area (Å²) in [7, 11) is 1.25. The highest BCUT2D eigenvalue weighted by Gasteiger charge is 2.40. The summed E-state index contributed by atoms with van der Waals surface area (Å²) < 4.78 is 6.05. The third kappa shape index (κ3) is 12.8. The molecule has 14 heteroatoms. The van der Waals surface area contributed by atoms with Gasteiger partial charge in [-0.05, 0) is 102 Å². The van der Waals surface area contributed by atoms with E-state index in [0.29, 0.717) is 25.8 Å². The number of carbonyl (C=O) groups excluding carboxylic acids is 6. The summed E-state index contributed by atoms with van der Waals surface area (Å²) in [6.07, 6.45) is 3.55. The van der Waals surface area contributed by atoms with Crippen molar-refractivity contribution in [2.75, 3.05) is 13.7 Å². The monoisotopic (exact) mass is 880 g/mol. The molecule has 4 N–H and O–H groups in total. The van der Waals surface area contributed by atoms with Crippen LogP contribution >= 0.6 is 22.6 Å². The summed E-state index contributed by atoms with van der Waals surface area (Å²) in [5.41, 5.74) is 1.95. The van der Waals surface area contributed by atoms with Gasteiger partial charge in [0.25, 0.3) is 5.91 Å². The molecule has 0 unspecified atom stereocenters. The van der Waals surface area contributed by atoms with Crippen LogP contribution in [-0.4, -0.2) is 89.3 Å². The fourth-order valence-electron chi connectivity index (χ4n) is 6.64. The first-order valence-electron chi connectivity index (χ1n) is 19.1. The number of likely N-dealkylation sites (tertiary alicyclic amines) is 1. The minimum Gasteiger partial charge on any atom is -0.467 e. The van der Waals surface area contributed by atoms with E-state index >= 15 is 0 Å². The Bertz CT molecular complexity index is 1790. The van der Waals surface area contributed by atoms with Crippen LogP contribution in [0.4, 0.5) is 0 Å². The molecule has 300 valence electrons. The number of aromatic nitrogens is 1. The topological polar surface area (TPSA) is 176 Å². The van der Waals surface area contributed by atoms with Crippen molar-refractivity contribution in [2.45, 2.75) is 96.4 Å². The van der Waals surface area contributed by atoms with Gasteiger partial charge in [-0.25, -0.2) is 4.79 Å². The zero-order chi connectivity index (χ0) is 40.8. The molecule has 0 spiro atoms. The minimum atomic E-state index is -1.06. The number of esters is 1. The zero-order valence-corrected chi connectivity index (χ0v) is 34.8. The van der Waals surface area contributed by atoms with Gasteiger partial charge >= 0.3 is 5.97 Å². The number of aryl methyl sites for hydroxylation is 1. The number of methoxy groups -OCH3 is 1. The molecule has 3 aromatic rings. The lowest BCUT2D eigenvalue weighted by atomic mass is 9.99. The van der Waals surface area contributed by atoms with Gasteiger partial charge in [-0.15, -0.1) is 0 Å². The van der Waals surface area contributed by atoms with E-state index in [9.17, 15) is 28.8 Å². The van der Waals surface area contributed by atoms with Crippen molar-refractivity contribution >= 4 is 58.1 Å². The van der Waals surface area contributed by atoms with E-state index in [2.05, 4.69) is 48.8 Å². The van der Waals surface area contributed by atoms with Crippen LogP contribution in [0.15, 0.2) is 79.0 Å². The molecule has 1 aromatic heterocycles. The van der Waals surface area contributed by atoms with E-state index in [0.717, 1.165) is 14.7 Å². The van der Waals surface area contributed by atoms with Gasteiger partial charge in [-0.3, -0.25) is 29.0 Å². The molecule has 0 radical (unpaired) electrons. The highest BCUT2D eigenvalue weighted by Crippen LogP contribution is 2.22. The van der Waals surface area contributed by atoms with Crippen LogP contribution in [0.2, 0.25) is 0 Å². The van der Waals surface area contributed by atoms with Crippen molar-refractivity contribution in [2.24, 2.45) is 11.8 Å². The minimum absolute atomic E-state index is 0.0197. The van der Waals surface area contributed by atoms with Gasteiger partial charge in [0.1, 0.15) is 35.9 Å². The molecule has 5 atom stereocenters. The first-order valence-corrected chi connectivity index (χ1v) is 20.1. The van der Waals surface area contributed by atoms with Crippen LogP contribution in [0.5, 0.6) is 0 Å². The number of nitrogens with one attached hydrogen (secondary N) is 4. The molecule has 5 amide bonds. The van der Waals surface area contributed by atoms with Gasteiger partial charge in [-0.2, -0.15) is 0 Å². The fraction of sp³-hybridized carbons (Fsp3) is 0.452. The molecule has 0 bridgehead atoms. The standard InChI is InChI=1S/C42H53IN6O7/c1-26(2)24-33(46-40(53)35-15-11-23-49(35)41(54)36(27(3)4)48-37(50)31-14-9-10-22-44-31)39(52)45-32(21-18-28-12-7-6-8-13-28)38(51)47-34(42(55)56-5)25-29-16-19-30(43)20-17-29/h6-10,12-14,16-17,19-20,22,26-27,32-36H,11,15,18,21,23-25H2,1-5H3,(H,45,52)(H,46,53)(H,47,51)(H,48,50)/t32-,33-,34-,35-,36-/m0/s1. The molecule has 1 aliphatic rings. The number of pyridine rings is 1. The van der Waals surface area contributed by atoms with Crippen LogP contribution in [0, 0.1) is 15.4 Å². The van der Waals surface area contributed by atoms with E-state index in [1.807, 2.05) is 82.3 Å². The maximum Gasteiger partial charge on any atom is 0.328 e. The SMILES string of the molecule is COC(=O)[C@H](Cc1ccc(I)cc1)NC(=O)[C@H](CCc1ccccc1)NC(=O)[C@H](CC(C)C)NC(=O)[C@@H]1CCCN1C(=O)[C@@H](NC(=O)c1ccccn1)C(C)C. The van der Waals surface area contributed by atoms with E-state index < -0.39 is 65.7 Å². The Morgan fingerprint density at radius 2 is 1.46 bits per heavy atom. The number of carbonyl (C=O) groups is 6. The van der Waals surface area contributed by atoms with Crippen molar-refractivity contribution < 1.29 is 33.5 Å². The van der Waals surface area contributed by atoms with E-state index in [-0.39, 0.29) is 36.8 Å². The number of amides is 5. The predicted octanol–water partition coefficient (Wildman–Crippen LogP) is 3.98. The van der Waals surface area contributed by atoms with Gasteiger partial charge in [-0.1, -0.05) is 76.2 Å². The van der Waals surface area contributed by atoms with E-state index in [1.165, 1.54) is 18.2 Å². The summed E-state index contributed by atoms with van der Waals surface area (Å²) in [6, 6.07) is 17.1. The molecule has 4 rings (SSSR count). The van der Waals surface area contributed by atoms with Crippen LogP contribution in [0.25, 0.3) is 0 Å². The Balaban J connectivity index is 1.51. The van der Waals surface area contributed by atoms with Gasteiger partial charge in [0.2, 0.25) is 23.6 Å². The Kier molecular flexibility index (Phi) is 16.8. The molecule has 0 aliphatic carbocycles. The van der Waals surface area contributed by atoms with Gasteiger partial charge < -0.3 is 30.9 Å². The van der Waals surface area contributed by atoms with Crippen molar-refractivity contribution in [1.29, 1.82) is 0 Å². The first kappa shape index (κ1) is 43.9. The third-order valence-electron chi connectivity index (χ3n) is 9.65. The normalized spacial score (nSPS) is 16.0. The summed E-state index contributed by atoms with van der Waals surface area (Å²) in [6.45, 7) is 7.78. The van der Waals surface area contributed by atoms with Crippen LogP contribution < -0.4 is 21.3 Å². The number of benzene rings is 2. The first-order chi connectivity index (χ1) is 26.8. The molecule has 1 fully saturated rings. The van der Waals surface area contributed by atoms with Crippen molar-refractivity contribution in [3.8, 4) is 0 Å². The van der Waals surface area contributed by atoms with Crippen molar-refractivity contribution in [3.63, 3.8) is 0 Å². The second-order valence-electron chi connectivity index (χ2n) is 14.8. The lowest BCUT2D eigenvalue weighted by Gasteiger charge is -2.31. The Morgan fingerprint density at radius 3 is 2.09 bits per heavy atom. The quantitative estimate of drug-likeness (QED) is 0.110. The number of rotatable bonds is 18. The molecular weight excluding hydrogens is 827 g/mol. The van der Waals surface area contributed by atoms with Gasteiger partial charge in [0.05, 0.1) is 7.11 Å². The van der Waals surface area contributed by atoms with Crippen molar-refractivity contribution in [3.05, 3.63) is 99.4 Å². The number of halogens is 1. The van der Waals surface area contributed by atoms with E-state index in [1.54, 1.807) is 18.2 Å². The molecule has 13 nitrogen and oxygen atoms in total. The zero-order valence-electron chi connectivity index (χ0n) is 32.6. The molecular formula is C42H53IN6O7. The molecule has 1 aliphatic heterocycles. The summed E-state index contributed by atoms with van der Waals surface area (Å²) in [4.78, 5) is 87.3. The summed E-state index contributed by atoms with van der Waals surface area (Å²) in [5.74, 6) is -3.44. The Labute approximate surface area is 342 Å². The molecule has 1 saturated heterocycles. The average Bonchev–Trinajstić information content (AvgIpc) is 3.69. The Morgan fingerprint density at radius 1 is 0.804 bits per heavy atom. The highest BCUT2D eigenvalue weighted by molar-refractivity contribution is 14.1. The van der Waals surface area contributed by atoms with Gasteiger partial charge in [0.15, 0.2) is 0 Å². The maximum atomic E-state index is 14.1. The van der Waals surface area contributed by atoms with Crippen LogP contribution in [-0.2, 0) is 41.6 Å². The third-order valence-corrected chi connectivity index (χ3v) is 10.4. The number of hydrogen-bond donors (Lipinski definition) is 4. The maximum absolute atomic E-state index is 14.1. The van der Waals surface area contributed by atoms with Crippen molar-refractivity contribution in [1.82, 2.24) is 31.2 Å². The highest BCUT2D eigenvalue weighted by atomic mass is 127. The second-order valence-corrected chi connectivity index (χ2v) is 16.0. The van der Waals surface area contributed by atoms with Crippen LogP contribution in [0.3, 0.4) is 0 Å². The molecule has 0 saturated carbocycles. The lowest BCUT2D eigenvalue weighted by Crippen LogP contribution is -2.59. The Hall–Kier alpha value is -4.86. The number of ether oxygens (including phenoxy) is 1.